The molecule has 3 rings (SSSR count). The molecule has 1 fully saturated rings. The lowest BCUT2D eigenvalue weighted by Crippen LogP contribution is -2.52. The zero-order chi connectivity index (χ0) is 17.8. The number of carbonyl (C=O) groups excluding carboxylic acids is 2. The van der Waals surface area contributed by atoms with Gasteiger partial charge in [-0.25, -0.2) is 4.98 Å². The van der Waals surface area contributed by atoms with Gasteiger partial charge in [0.25, 0.3) is 0 Å². The molecule has 0 radical (unpaired) electrons. The lowest BCUT2D eigenvalue weighted by molar-refractivity contribution is -0.142. The predicted molar refractivity (Wildman–Crippen MR) is 97.0 cm³/mol. The lowest BCUT2D eigenvalue weighted by atomic mass is 10.0. The lowest BCUT2D eigenvalue weighted by Gasteiger charge is -2.36. The minimum absolute atomic E-state index is 0.114. The number of hydrogen-bond acceptors (Lipinski definition) is 3. The molecule has 0 aliphatic carbocycles. The summed E-state index contributed by atoms with van der Waals surface area (Å²) in [7, 11) is 0. The Labute approximate surface area is 148 Å². The van der Waals surface area contributed by atoms with Crippen LogP contribution in [0.4, 0.5) is 0 Å². The van der Waals surface area contributed by atoms with Gasteiger partial charge in [0.15, 0.2) is 0 Å². The van der Waals surface area contributed by atoms with Crippen molar-refractivity contribution in [2.45, 2.75) is 33.1 Å². The Bertz CT molecular complexity index is 743. The van der Waals surface area contributed by atoms with Gasteiger partial charge in [-0.05, 0) is 30.5 Å². The standard InChI is InChI=1S/C19H26N4O2/c1-3-15(4-2)19(25)23-9-7-22(8-10-23)18(24)12-14-5-6-16-17(11-14)21-13-20-16/h5-6,11,13,15H,3-4,7-10,12H2,1-2H3,(H,20,21). The smallest absolute Gasteiger partial charge is 0.227 e. The number of fused-ring (bicyclic) bond motifs is 1. The summed E-state index contributed by atoms with van der Waals surface area (Å²) in [5.41, 5.74) is 2.84. The first-order chi connectivity index (χ1) is 12.1. The van der Waals surface area contributed by atoms with Crippen molar-refractivity contribution in [2.75, 3.05) is 26.2 Å². The van der Waals surface area contributed by atoms with Crippen molar-refractivity contribution < 1.29 is 9.59 Å². The van der Waals surface area contributed by atoms with E-state index in [1.165, 1.54) is 0 Å². The van der Waals surface area contributed by atoms with E-state index in [9.17, 15) is 9.59 Å². The molecular formula is C19H26N4O2. The molecule has 134 valence electrons. The number of carbonyl (C=O) groups is 2. The minimum Gasteiger partial charge on any atom is -0.345 e. The number of rotatable bonds is 5. The Kier molecular flexibility index (Phi) is 5.36. The van der Waals surface area contributed by atoms with Crippen LogP contribution in [-0.4, -0.2) is 57.8 Å². The van der Waals surface area contributed by atoms with Crippen molar-refractivity contribution in [1.29, 1.82) is 0 Å². The van der Waals surface area contributed by atoms with Gasteiger partial charge in [-0.3, -0.25) is 9.59 Å². The van der Waals surface area contributed by atoms with E-state index in [4.69, 9.17) is 0 Å². The van der Waals surface area contributed by atoms with Gasteiger partial charge < -0.3 is 14.8 Å². The van der Waals surface area contributed by atoms with Gasteiger partial charge >= 0.3 is 0 Å². The Morgan fingerprint density at radius 1 is 1.12 bits per heavy atom. The molecule has 2 aromatic rings. The second-order valence-corrected chi connectivity index (χ2v) is 6.65. The number of aromatic amines is 1. The molecular weight excluding hydrogens is 316 g/mol. The maximum absolute atomic E-state index is 12.6. The van der Waals surface area contributed by atoms with Crippen LogP contribution in [0.15, 0.2) is 24.5 Å². The molecule has 1 aliphatic rings. The zero-order valence-electron chi connectivity index (χ0n) is 15.0. The number of H-pyrrole nitrogens is 1. The third kappa shape index (κ3) is 3.83. The molecule has 1 aromatic heterocycles. The highest BCUT2D eigenvalue weighted by Gasteiger charge is 2.27. The summed E-state index contributed by atoms with van der Waals surface area (Å²) in [6, 6.07) is 5.86. The SMILES string of the molecule is CCC(CC)C(=O)N1CCN(C(=O)Cc2ccc3nc[nH]c3c2)CC1. The molecule has 0 atom stereocenters. The number of aromatic nitrogens is 2. The van der Waals surface area contributed by atoms with E-state index in [1.54, 1.807) is 6.33 Å². The van der Waals surface area contributed by atoms with Crippen LogP contribution in [0, 0.1) is 5.92 Å². The van der Waals surface area contributed by atoms with E-state index in [2.05, 4.69) is 23.8 Å². The number of nitrogens with one attached hydrogen (secondary N) is 1. The number of hydrogen-bond donors (Lipinski definition) is 1. The molecule has 2 heterocycles. The number of benzene rings is 1. The van der Waals surface area contributed by atoms with Crippen LogP contribution >= 0.6 is 0 Å². The van der Waals surface area contributed by atoms with Crippen LogP contribution in [0.3, 0.4) is 0 Å². The second-order valence-electron chi connectivity index (χ2n) is 6.65. The molecule has 0 spiro atoms. The first-order valence-electron chi connectivity index (χ1n) is 9.11. The molecule has 1 aromatic carbocycles. The van der Waals surface area contributed by atoms with Gasteiger partial charge in [0, 0.05) is 32.1 Å². The zero-order valence-corrected chi connectivity index (χ0v) is 15.0. The highest BCUT2D eigenvalue weighted by atomic mass is 16.2. The topological polar surface area (TPSA) is 69.3 Å². The normalized spacial score (nSPS) is 15.2. The summed E-state index contributed by atoms with van der Waals surface area (Å²) in [6.07, 6.45) is 3.80. The Morgan fingerprint density at radius 3 is 2.48 bits per heavy atom. The van der Waals surface area contributed by atoms with Crippen LogP contribution < -0.4 is 0 Å². The summed E-state index contributed by atoms with van der Waals surface area (Å²) in [4.78, 5) is 36.1. The molecule has 0 saturated carbocycles. The van der Waals surface area contributed by atoms with Crippen LogP contribution in [0.2, 0.25) is 0 Å². The third-order valence-corrected chi connectivity index (χ3v) is 5.12. The van der Waals surface area contributed by atoms with Crippen LogP contribution in [0.1, 0.15) is 32.3 Å². The molecule has 6 nitrogen and oxygen atoms in total. The van der Waals surface area contributed by atoms with Gasteiger partial charge in [-0.15, -0.1) is 0 Å². The fourth-order valence-corrected chi connectivity index (χ4v) is 3.45. The highest BCUT2D eigenvalue weighted by Crippen LogP contribution is 2.16. The van der Waals surface area contributed by atoms with Crippen molar-refractivity contribution in [3.05, 3.63) is 30.1 Å². The molecule has 1 aliphatic heterocycles. The van der Waals surface area contributed by atoms with Gasteiger partial charge in [0.2, 0.25) is 11.8 Å². The van der Waals surface area contributed by atoms with Gasteiger partial charge in [-0.1, -0.05) is 19.9 Å². The van der Waals surface area contributed by atoms with Gasteiger partial charge in [0.05, 0.1) is 23.8 Å². The number of piperazine rings is 1. The van der Waals surface area contributed by atoms with Crippen LogP contribution in [-0.2, 0) is 16.0 Å². The molecule has 6 heteroatoms. The Morgan fingerprint density at radius 2 is 1.80 bits per heavy atom. The van der Waals surface area contributed by atoms with E-state index in [0.717, 1.165) is 29.4 Å². The van der Waals surface area contributed by atoms with Crippen molar-refractivity contribution >= 4 is 22.8 Å². The summed E-state index contributed by atoms with van der Waals surface area (Å²) < 4.78 is 0. The largest absolute Gasteiger partial charge is 0.345 e. The molecule has 25 heavy (non-hydrogen) atoms. The monoisotopic (exact) mass is 342 g/mol. The Hall–Kier alpha value is -2.37. The average Bonchev–Trinajstić information content (AvgIpc) is 3.10. The first kappa shape index (κ1) is 17.5. The van der Waals surface area contributed by atoms with E-state index < -0.39 is 0 Å². The highest BCUT2D eigenvalue weighted by molar-refractivity contribution is 5.82. The summed E-state index contributed by atoms with van der Waals surface area (Å²) >= 11 is 0. The molecule has 1 N–H and O–H groups in total. The van der Waals surface area contributed by atoms with E-state index in [-0.39, 0.29) is 17.7 Å². The van der Waals surface area contributed by atoms with Gasteiger partial charge in [-0.2, -0.15) is 0 Å². The minimum atomic E-state index is 0.114. The van der Waals surface area contributed by atoms with Crippen LogP contribution in [0.5, 0.6) is 0 Å². The quantitative estimate of drug-likeness (QED) is 0.906. The fourth-order valence-electron chi connectivity index (χ4n) is 3.45. The van der Waals surface area contributed by atoms with Crippen molar-refractivity contribution in [3.8, 4) is 0 Å². The molecule has 2 amide bonds. The summed E-state index contributed by atoms with van der Waals surface area (Å²) in [5.74, 6) is 0.471. The fraction of sp³-hybridized carbons (Fsp3) is 0.526. The van der Waals surface area contributed by atoms with E-state index in [0.29, 0.717) is 32.6 Å². The molecule has 0 unspecified atom stereocenters. The number of nitrogens with zero attached hydrogens (tertiary/aromatic N) is 3. The van der Waals surface area contributed by atoms with Crippen LogP contribution in [0.25, 0.3) is 11.0 Å². The van der Waals surface area contributed by atoms with Crippen molar-refractivity contribution in [3.63, 3.8) is 0 Å². The molecule has 1 saturated heterocycles. The van der Waals surface area contributed by atoms with E-state index in [1.807, 2.05) is 28.0 Å². The maximum Gasteiger partial charge on any atom is 0.227 e. The average molecular weight is 342 g/mol. The Balaban J connectivity index is 1.55. The summed E-state index contributed by atoms with van der Waals surface area (Å²) in [6.45, 7) is 6.64. The van der Waals surface area contributed by atoms with Crippen molar-refractivity contribution in [2.24, 2.45) is 5.92 Å². The van der Waals surface area contributed by atoms with Gasteiger partial charge in [0.1, 0.15) is 0 Å². The maximum atomic E-state index is 12.6. The first-order valence-corrected chi connectivity index (χ1v) is 9.11. The summed E-state index contributed by atoms with van der Waals surface area (Å²) in [5, 5.41) is 0. The van der Waals surface area contributed by atoms with Crippen molar-refractivity contribution in [1.82, 2.24) is 19.8 Å². The second kappa shape index (κ2) is 7.68. The predicted octanol–water partition coefficient (Wildman–Crippen LogP) is 2.21. The third-order valence-electron chi connectivity index (χ3n) is 5.12. The number of imidazole rings is 1. The number of amides is 2. The molecule has 0 bridgehead atoms. The van der Waals surface area contributed by atoms with E-state index >= 15 is 0 Å².